The highest BCUT2D eigenvalue weighted by atomic mass is 79.9. The van der Waals surface area contributed by atoms with Crippen LogP contribution in [0.1, 0.15) is 30.7 Å². The summed E-state index contributed by atoms with van der Waals surface area (Å²) in [5.74, 6) is 1.48. The zero-order valence-corrected chi connectivity index (χ0v) is 18.6. The van der Waals surface area contributed by atoms with Gasteiger partial charge < -0.3 is 16.0 Å². The van der Waals surface area contributed by atoms with Crippen molar-refractivity contribution < 1.29 is 0 Å². The van der Waals surface area contributed by atoms with Crippen molar-refractivity contribution >= 4 is 28.1 Å². The number of halogens is 1. The lowest BCUT2D eigenvalue weighted by Gasteiger charge is -2.25. The molecule has 0 fully saturated rings. The molecule has 0 radical (unpaired) electrons. The number of aryl methyl sites for hydroxylation is 1. The second-order valence-corrected chi connectivity index (χ2v) is 7.85. The van der Waals surface area contributed by atoms with Crippen molar-refractivity contribution in [2.75, 3.05) is 19.6 Å². The number of hydrazone groups is 1. The maximum Gasteiger partial charge on any atom is 0.188 e. The van der Waals surface area contributed by atoms with E-state index in [1.54, 1.807) is 6.20 Å². The zero-order chi connectivity index (χ0) is 21.0. The molecule has 2 aromatic rings. The smallest absolute Gasteiger partial charge is 0.188 e. The van der Waals surface area contributed by atoms with Crippen LogP contribution in [0.25, 0.3) is 0 Å². The molecule has 5 N–H and O–H groups in total. The van der Waals surface area contributed by atoms with Gasteiger partial charge in [-0.15, -0.1) is 0 Å². The molecule has 1 aromatic heterocycles. The van der Waals surface area contributed by atoms with E-state index in [1.807, 2.05) is 17.5 Å². The lowest BCUT2D eigenvalue weighted by atomic mass is 10.1. The highest BCUT2D eigenvalue weighted by Gasteiger charge is 2.11. The summed E-state index contributed by atoms with van der Waals surface area (Å²) in [6.07, 6.45) is 12.1. The summed E-state index contributed by atoms with van der Waals surface area (Å²) in [5, 5.41) is 9.48. The molecule has 1 aliphatic heterocycles. The number of benzene rings is 1. The minimum atomic E-state index is 0.487. The van der Waals surface area contributed by atoms with Crippen LogP contribution in [0.3, 0.4) is 0 Å². The Balaban J connectivity index is 1.31. The maximum absolute atomic E-state index is 5.93. The van der Waals surface area contributed by atoms with Crippen LogP contribution in [-0.4, -0.2) is 46.9 Å². The molecular formula is C21H29BrN8. The van der Waals surface area contributed by atoms with Crippen LogP contribution in [0.2, 0.25) is 0 Å². The first kappa shape index (κ1) is 22.0. The number of aromatic nitrogens is 2. The van der Waals surface area contributed by atoms with Gasteiger partial charge in [0.1, 0.15) is 5.82 Å². The van der Waals surface area contributed by atoms with Crippen LogP contribution in [0, 0.1) is 0 Å². The molecule has 0 amide bonds. The molecule has 0 unspecified atom stereocenters. The van der Waals surface area contributed by atoms with E-state index in [2.05, 4.69) is 77.1 Å². The van der Waals surface area contributed by atoms with E-state index in [-0.39, 0.29) is 0 Å². The van der Waals surface area contributed by atoms with Crippen molar-refractivity contribution in [3.8, 4) is 0 Å². The number of nitrogens with one attached hydrogen (secondary N) is 3. The van der Waals surface area contributed by atoms with E-state index < -0.39 is 0 Å². The molecule has 0 saturated heterocycles. The van der Waals surface area contributed by atoms with Crippen LogP contribution in [0.15, 0.2) is 63.0 Å². The molecule has 1 aromatic carbocycles. The number of rotatable bonds is 11. The molecule has 0 aliphatic carbocycles. The Morgan fingerprint density at radius 3 is 2.90 bits per heavy atom. The molecule has 0 saturated carbocycles. The summed E-state index contributed by atoms with van der Waals surface area (Å²) in [4.78, 5) is 11.7. The van der Waals surface area contributed by atoms with Gasteiger partial charge >= 0.3 is 0 Å². The van der Waals surface area contributed by atoms with E-state index in [0.717, 1.165) is 61.2 Å². The summed E-state index contributed by atoms with van der Waals surface area (Å²) in [6.45, 7) is 2.21. The number of hydrogen-bond donors (Lipinski definition) is 4. The SMILES string of the molecule is NC(=NCCCNN1N=CCC=C1Cc1ccc(Br)cc1)NCCCc1ncc[nH]1. The Hall–Kier alpha value is -2.65. The fraction of sp³-hybridized carbons (Fsp3) is 0.381. The molecule has 1 aliphatic rings. The van der Waals surface area contributed by atoms with Gasteiger partial charge in [-0.25, -0.2) is 15.5 Å². The highest BCUT2D eigenvalue weighted by Crippen LogP contribution is 2.17. The summed E-state index contributed by atoms with van der Waals surface area (Å²) >= 11 is 3.48. The van der Waals surface area contributed by atoms with Gasteiger partial charge in [0, 0.05) is 62.0 Å². The number of aliphatic imine (C=N–C) groups is 1. The number of nitrogens with two attached hydrogens (primary N) is 1. The first-order valence-electron chi connectivity index (χ1n) is 10.2. The largest absolute Gasteiger partial charge is 0.370 e. The second kappa shape index (κ2) is 12.1. The molecule has 8 nitrogen and oxygen atoms in total. The predicted octanol–water partition coefficient (Wildman–Crippen LogP) is 2.72. The van der Waals surface area contributed by atoms with E-state index in [4.69, 9.17) is 5.73 Å². The molecule has 3 rings (SSSR count). The highest BCUT2D eigenvalue weighted by molar-refractivity contribution is 9.10. The number of aromatic amines is 1. The van der Waals surface area contributed by atoms with Gasteiger partial charge in [-0.1, -0.05) is 34.1 Å². The summed E-state index contributed by atoms with van der Waals surface area (Å²) in [6, 6.07) is 8.38. The normalized spacial score (nSPS) is 14.1. The standard InChI is InChI=1S/C21H29BrN8/c22-18-8-6-17(7-9-18)16-19-4-1-12-28-30(19)29-13-3-11-27-21(23)26-10-2-5-20-24-14-15-25-20/h4,6-9,12,14-15,29H,1-3,5,10-11,13,16H2,(H,24,25)(H3,23,26,27). The summed E-state index contributed by atoms with van der Waals surface area (Å²) in [5.41, 5.74) is 11.7. The third-order valence-corrected chi connectivity index (χ3v) is 5.09. The van der Waals surface area contributed by atoms with Crippen molar-refractivity contribution in [1.29, 1.82) is 0 Å². The first-order chi connectivity index (χ1) is 14.7. The van der Waals surface area contributed by atoms with Crippen molar-refractivity contribution in [2.24, 2.45) is 15.8 Å². The summed E-state index contributed by atoms with van der Waals surface area (Å²) in [7, 11) is 0. The lowest BCUT2D eigenvalue weighted by molar-refractivity contribution is 0.248. The third-order valence-electron chi connectivity index (χ3n) is 4.56. The molecule has 160 valence electrons. The minimum Gasteiger partial charge on any atom is -0.370 e. The molecule has 0 spiro atoms. The van der Waals surface area contributed by atoms with Gasteiger partial charge in [0.2, 0.25) is 0 Å². The third kappa shape index (κ3) is 7.64. The lowest BCUT2D eigenvalue weighted by Crippen LogP contribution is -2.36. The van der Waals surface area contributed by atoms with E-state index in [0.29, 0.717) is 12.5 Å². The molecule has 9 heteroatoms. The number of nitrogens with zero attached hydrogens (tertiary/aromatic N) is 4. The first-order valence-corrected chi connectivity index (χ1v) is 11.0. The van der Waals surface area contributed by atoms with Gasteiger partial charge in [0.25, 0.3) is 0 Å². The van der Waals surface area contributed by atoms with Gasteiger partial charge in [-0.3, -0.25) is 4.99 Å². The van der Waals surface area contributed by atoms with Crippen LogP contribution >= 0.6 is 15.9 Å². The maximum atomic E-state index is 5.93. The number of guanidine groups is 1. The quantitative estimate of drug-likeness (QED) is 0.228. The van der Waals surface area contributed by atoms with Crippen molar-refractivity contribution in [3.05, 3.63) is 64.3 Å². The molecule has 30 heavy (non-hydrogen) atoms. The number of allylic oxidation sites excluding steroid dienone is 2. The van der Waals surface area contributed by atoms with E-state index in [9.17, 15) is 0 Å². The molecule has 0 atom stereocenters. The van der Waals surface area contributed by atoms with Crippen molar-refractivity contribution in [1.82, 2.24) is 25.8 Å². The van der Waals surface area contributed by atoms with E-state index in [1.165, 1.54) is 5.56 Å². The van der Waals surface area contributed by atoms with E-state index >= 15 is 0 Å². The Labute approximate surface area is 185 Å². The van der Waals surface area contributed by atoms with Crippen LogP contribution in [0.5, 0.6) is 0 Å². The summed E-state index contributed by atoms with van der Waals surface area (Å²) < 4.78 is 1.09. The van der Waals surface area contributed by atoms with Crippen molar-refractivity contribution in [3.63, 3.8) is 0 Å². The number of hydrogen-bond acceptors (Lipinski definition) is 5. The van der Waals surface area contributed by atoms with Gasteiger partial charge in [-0.05, 0) is 30.5 Å². The second-order valence-electron chi connectivity index (χ2n) is 6.94. The fourth-order valence-electron chi connectivity index (χ4n) is 3.01. The number of H-pyrrole nitrogens is 1. The Morgan fingerprint density at radius 2 is 2.10 bits per heavy atom. The monoisotopic (exact) mass is 472 g/mol. The van der Waals surface area contributed by atoms with Crippen LogP contribution < -0.4 is 16.5 Å². The van der Waals surface area contributed by atoms with Gasteiger partial charge in [-0.2, -0.15) is 5.10 Å². The van der Waals surface area contributed by atoms with Crippen LogP contribution in [-0.2, 0) is 12.8 Å². The zero-order valence-electron chi connectivity index (χ0n) is 17.0. The topological polar surface area (TPSA) is 107 Å². The molecule has 2 heterocycles. The van der Waals surface area contributed by atoms with Gasteiger partial charge in [0.15, 0.2) is 5.96 Å². The minimum absolute atomic E-state index is 0.487. The number of hydrazine groups is 1. The Morgan fingerprint density at radius 1 is 1.23 bits per heavy atom. The predicted molar refractivity (Wildman–Crippen MR) is 125 cm³/mol. The average Bonchev–Trinajstić information content (AvgIpc) is 3.27. The van der Waals surface area contributed by atoms with Gasteiger partial charge in [0.05, 0.1) is 5.70 Å². The van der Waals surface area contributed by atoms with Crippen molar-refractivity contribution in [2.45, 2.75) is 32.1 Å². The fourth-order valence-corrected chi connectivity index (χ4v) is 3.27. The molecule has 0 bridgehead atoms. The Kier molecular flexibility index (Phi) is 8.92. The number of imidazole rings is 1. The average molecular weight is 473 g/mol. The van der Waals surface area contributed by atoms with Crippen LogP contribution in [0.4, 0.5) is 0 Å². The molecular weight excluding hydrogens is 444 g/mol. The Bertz CT molecular complexity index is 842.